The minimum atomic E-state index is -0.0382. The Balaban J connectivity index is 1.14. The van der Waals surface area contributed by atoms with Gasteiger partial charge >= 0.3 is 0 Å². The van der Waals surface area contributed by atoms with Crippen LogP contribution in [0.3, 0.4) is 0 Å². The van der Waals surface area contributed by atoms with E-state index in [1.165, 1.54) is 11.3 Å². The molecule has 1 N–H and O–H groups in total. The number of carbonyl (C=O) groups is 1. The van der Waals surface area contributed by atoms with Gasteiger partial charge in [-0.15, -0.1) is 0 Å². The molecule has 0 saturated heterocycles. The zero-order valence-electron chi connectivity index (χ0n) is 26.3. The molecular formula is C37H44N2O5. The number of aliphatic hydroxyl groups excluding tert-OH is 1. The summed E-state index contributed by atoms with van der Waals surface area (Å²) in [6.07, 6.45) is 11.4. The standard InChI is InChI=1S/C37H44N2O5/c1-5-39(23-25-44-32-16-6-26(2)7-17-32)30-14-10-28(11-15-30)35-36(40)34(37(35)41)27-8-12-29(13-9-27)38(3)22-24-43-33-20-18-31(42-4)19-21-33/h6-8,10,12,14,16-21,29,40H,5,9,11,13,15,22-25H2,1-4H3. The van der Waals surface area contributed by atoms with E-state index in [-0.39, 0.29) is 17.6 Å². The van der Waals surface area contributed by atoms with Crippen molar-refractivity contribution in [2.75, 3.05) is 47.0 Å². The Kier molecular flexibility index (Phi) is 10.3. The van der Waals surface area contributed by atoms with Crippen molar-refractivity contribution < 1.29 is 24.1 Å². The first-order valence-electron chi connectivity index (χ1n) is 15.6. The Labute approximate surface area is 261 Å². The number of hydrogen-bond acceptors (Lipinski definition) is 7. The first-order chi connectivity index (χ1) is 21.4. The van der Waals surface area contributed by atoms with Crippen LogP contribution >= 0.6 is 0 Å². The number of carbonyl (C=O) groups excluding carboxylic acids is 1. The topological polar surface area (TPSA) is 71.5 Å². The van der Waals surface area contributed by atoms with Gasteiger partial charge in [0, 0.05) is 24.8 Å². The van der Waals surface area contributed by atoms with Gasteiger partial charge in [0.25, 0.3) is 0 Å². The minimum Gasteiger partial charge on any atom is -0.506 e. The summed E-state index contributed by atoms with van der Waals surface area (Å²) in [6, 6.07) is 16.0. The van der Waals surface area contributed by atoms with Crippen molar-refractivity contribution in [3.8, 4) is 17.2 Å². The molecule has 0 bridgehead atoms. The third kappa shape index (κ3) is 7.28. The number of Topliss-reactive ketones (excluding diaryl/α,β-unsaturated/α-hetero) is 1. The van der Waals surface area contributed by atoms with Gasteiger partial charge < -0.3 is 24.2 Å². The van der Waals surface area contributed by atoms with Gasteiger partial charge in [0.05, 0.1) is 24.8 Å². The molecule has 44 heavy (non-hydrogen) atoms. The number of allylic oxidation sites excluding steroid dienone is 8. The molecular weight excluding hydrogens is 552 g/mol. The van der Waals surface area contributed by atoms with Crippen LogP contribution in [0.15, 0.2) is 107 Å². The summed E-state index contributed by atoms with van der Waals surface area (Å²) in [5.41, 5.74) is 5.26. The lowest BCUT2D eigenvalue weighted by atomic mass is 9.76. The smallest absolute Gasteiger partial charge is 0.201 e. The van der Waals surface area contributed by atoms with Crippen LogP contribution in [0.25, 0.3) is 0 Å². The molecule has 2 aromatic rings. The molecule has 0 aromatic heterocycles. The number of methoxy groups -OCH3 is 1. The van der Waals surface area contributed by atoms with E-state index in [1.54, 1.807) is 7.11 Å². The van der Waals surface area contributed by atoms with Gasteiger partial charge in [-0.05, 0) is 100 Å². The third-order valence-corrected chi connectivity index (χ3v) is 8.70. The zero-order chi connectivity index (χ0) is 31.1. The maximum Gasteiger partial charge on any atom is 0.201 e. The van der Waals surface area contributed by atoms with Crippen molar-refractivity contribution >= 4 is 5.78 Å². The highest BCUT2D eigenvalue weighted by Gasteiger charge is 2.38. The Hall–Kier alpha value is -4.23. The lowest BCUT2D eigenvalue weighted by Crippen LogP contribution is -2.35. The molecule has 3 aliphatic rings. The van der Waals surface area contributed by atoms with Gasteiger partial charge in [-0.25, -0.2) is 0 Å². The van der Waals surface area contributed by atoms with Crippen LogP contribution in [0.4, 0.5) is 0 Å². The van der Waals surface area contributed by atoms with Crippen LogP contribution in [-0.4, -0.2) is 73.7 Å². The first kappa shape index (κ1) is 31.2. The van der Waals surface area contributed by atoms with Gasteiger partial charge in [0.1, 0.15) is 36.2 Å². The van der Waals surface area contributed by atoms with Crippen molar-refractivity contribution in [3.05, 3.63) is 112 Å². The predicted octanol–water partition coefficient (Wildman–Crippen LogP) is 6.73. The Morgan fingerprint density at radius 2 is 1.52 bits per heavy atom. The molecule has 0 aliphatic heterocycles. The molecule has 5 rings (SSSR count). The Morgan fingerprint density at radius 3 is 2.09 bits per heavy atom. The Bertz CT molecular complexity index is 1480. The highest BCUT2D eigenvalue weighted by molar-refractivity contribution is 6.22. The largest absolute Gasteiger partial charge is 0.506 e. The second-order valence-electron chi connectivity index (χ2n) is 11.5. The maximum absolute atomic E-state index is 13.2. The number of rotatable bonds is 13. The van der Waals surface area contributed by atoms with E-state index >= 15 is 0 Å². The maximum atomic E-state index is 13.2. The molecule has 0 amide bonds. The molecule has 1 unspecified atom stereocenters. The summed E-state index contributed by atoms with van der Waals surface area (Å²) < 4.78 is 17.0. The number of aryl methyl sites for hydroxylation is 1. The SMILES string of the molecule is CCN(CCOc1ccc(C)cc1)C1=CC=C(C2=C(O)C(=C3C=CC(N(C)CCOc4ccc(OC)cc4)CC3)C2=O)CC1. The van der Waals surface area contributed by atoms with E-state index in [0.29, 0.717) is 24.4 Å². The molecule has 3 aliphatic carbocycles. The molecule has 232 valence electrons. The average molecular weight is 597 g/mol. The van der Waals surface area contributed by atoms with E-state index in [1.807, 2.05) is 48.6 Å². The molecule has 0 saturated carbocycles. The van der Waals surface area contributed by atoms with Crippen molar-refractivity contribution in [1.29, 1.82) is 0 Å². The quantitative estimate of drug-likeness (QED) is 0.257. The Morgan fingerprint density at radius 1 is 0.864 bits per heavy atom. The van der Waals surface area contributed by atoms with Gasteiger partial charge in [-0.3, -0.25) is 9.69 Å². The zero-order valence-corrected chi connectivity index (χ0v) is 26.3. The van der Waals surface area contributed by atoms with Gasteiger partial charge in [-0.1, -0.05) is 35.9 Å². The van der Waals surface area contributed by atoms with Gasteiger partial charge in [0.2, 0.25) is 5.78 Å². The third-order valence-electron chi connectivity index (χ3n) is 8.70. The van der Waals surface area contributed by atoms with E-state index in [9.17, 15) is 9.90 Å². The lowest BCUT2D eigenvalue weighted by molar-refractivity contribution is -0.113. The van der Waals surface area contributed by atoms with Crippen LogP contribution in [0.1, 0.15) is 38.2 Å². The highest BCUT2D eigenvalue weighted by atomic mass is 16.5. The van der Waals surface area contributed by atoms with Gasteiger partial charge in [0.15, 0.2) is 0 Å². The van der Waals surface area contributed by atoms with Gasteiger partial charge in [-0.2, -0.15) is 0 Å². The number of hydrogen-bond donors (Lipinski definition) is 1. The molecule has 1 atom stereocenters. The van der Waals surface area contributed by atoms with E-state index in [0.717, 1.165) is 73.7 Å². The molecule has 0 heterocycles. The van der Waals surface area contributed by atoms with Crippen LogP contribution in [0, 0.1) is 6.92 Å². The average Bonchev–Trinajstić information content (AvgIpc) is 3.05. The predicted molar refractivity (Wildman–Crippen MR) is 174 cm³/mol. The monoisotopic (exact) mass is 596 g/mol. The van der Waals surface area contributed by atoms with E-state index < -0.39 is 0 Å². The van der Waals surface area contributed by atoms with Crippen molar-refractivity contribution in [3.63, 3.8) is 0 Å². The highest BCUT2D eigenvalue weighted by Crippen LogP contribution is 2.41. The molecule has 2 aromatic carbocycles. The summed E-state index contributed by atoms with van der Waals surface area (Å²) in [6.45, 7) is 7.85. The van der Waals surface area contributed by atoms with E-state index in [2.05, 4.69) is 55.0 Å². The molecule has 0 spiro atoms. The number of ether oxygens (including phenoxy) is 3. The van der Waals surface area contributed by atoms with Crippen LogP contribution < -0.4 is 14.2 Å². The number of benzene rings is 2. The first-order valence-corrected chi connectivity index (χ1v) is 15.6. The van der Waals surface area contributed by atoms with Crippen molar-refractivity contribution in [1.82, 2.24) is 9.80 Å². The molecule has 0 radical (unpaired) electrons. The molecule has 0 fully saturated rings. The summed E-state index contributed by atoms with van der Waals surface area (Å²) in [5.74, 6) is 2.62. The van der Waals surface area contributed by atoms with Crippen molar-refractivity contribution in [2.24, 2.45) is 0 Å². The fourth-order valence-corrected chi connectivity index (χ4v) is 5.94. The second kappa shape index (κ2) is 14.5. The number of nitrogens with zero attached hydrogens (tertiary/aromatic N) is 2. The van der Waals surface area contributed by atoms with Crippen LogP contribution in [0.2, 0.25) is 0 Å². The summed E-state index contributed by atoms with van der Waals surface area (Å²) in [5, 5.41) is 11.0. The summed E-state index contributed by atoms with van der Waals surface area (Å²) in [4.78, 5) is 17.8. The minimum absolute atomic E-state index is 0.0382. The number of likely N-dealkylation sites (N-methyl/N-ethyl adjacent to an activating group) is 2. The fraction of sp³-hybridized carbons (Fsp3) is 0.378. The second-order valence-corrected chi connectivity index (χ2v) is 11.5. The summed E-state index contributed by atoms with van der Waals surface area (Å²) >= 11 is 0. The summed E-state index contributed by atoms with van der Waals surface area (Å²) in [7, 11) is 3.73. The van der Waals surface area contributed by atoms with E-state index in [4.69, 9.17) is 14.2 Å². The number of aliphatic hydroxyl groups is 1. The van der Waals surface area contributed by atoms with Crippen LogP contribution in [0.5, 0.6) is 17.2 Å². The normalized spacial score (nSPS) is 19.8. The number of ketones is 1. The van der Waals surface area contributed by atoms with Crippen molar-refractivity contribution in [2.45, 2.75) is 45.6 Å². The lowest BCUT2D eigenvalue weighted by Gasteiger charge is -2.32. The molecule has 7 nitrogen and oxygen atoms in total. The van der Waals surface area contributed by atoms with Crippen LogP contribution in [-0.2, 0) is 4.79 Å². The molecule has 7 heteroatoms. The fourth-order valence-electron chi connectivity index (χ4n) is 5.94.